The Bertz CT molecular complexity index is 669. The normalized spacial score (nSPS) is 10.3. The Kier molecular flexibility index (Phi) is 3.80. The molecule has 2 rings (SSSR count). The molecule has 0 N–H and O–H groups in total. The summed E-state index contributed by atoms with van der Waals surface area (Å²) >= 11 is 3.35. The molecule has 0 unspecified atom stereocenters. The molecule has 0 spiro atoms. The highest BCUT2D eigenvalue weighted by molar-refractivity contribution is 9.10. The number of hydrogen-bond donors (Lipinski definition) is 0. The minimum absolute atomic E-state index is 0.145. The molecule has 0 aliphatic rings. The maximum Gasteiger partial charge on any atom is 0.339 e. The summed E-state index contributed by atoms with van der Waals surface area (Å²) < 4.78 is 10.1. The molecule has 1 heterocycles. The average molecular weight is 324 g/mol. The summed E-state index contributed by atoms with van der Waals surface area (Å²) in [7, 11) is 2.51. The van der Waals surface area contributed by atoms with E-state index in [1.165, 1.54) is 20.3 Å². The Morgan fingerprint density at radius 2 is 1.79 bits per heavy atom. The molecule has 5 nitrogen and oxygen atoms in total. The van der Waals surface area contributed by atoms with Gasteiger partial charge >= 0.3 is 11.9 Å². The van der Waals surface area contributed by atoms with Crippen molar-refractivity contribution < 1.29 is 19.1 Å². The van der Waals surface area contributed by atoms with Gasteiger partial charge in [0.25, 0.3) is 0 Å². The lowest BCUT2D eigenvalue weighted by Gasteiger charge is -2.10. The van der Waals surface area contributed by atoms with E-state index in [1.807, 2.05) is 0 Å². The third kappa shape index (κ3) is 2.31. The minimum Gasteiger partial charge on any atom is -0.465 e. The van der Waals surface area contributed by atoms with E-state index in [4.69, 9.17) is 4.74 Å². The number of carbonyl (C=O) groups is 2. The highest BCUT2D eigenvalue weighted by Crippen LogP contribution is 2.29. The number of esters is 2. The second kappa shape index (κ2) is 5.36. The Balaban J connectivity index is 2.88. The van der Waals surface area contributed by atoms with Crippen molar-refractivity contribution >= 4 is 38.8 Å². The Morgan fingerprint density at radius 3 is 2.42 bits per heavy atom. The zero-order valence-corrected chi connectivity index (χ0v) is 11.9. The summed E-state index contributed by atoms with van der Waals surface area (Å²) in [4.78, 5) is 27.8. The van der Waals surface area contributed by atoms with Gasteiger partial charge in [-0.15, -0.1) is 0 Å². The van der Waals surface area contributed by atoms with Crippen LogP contribution in [-0.4, -0.2) is 31.1 Å². The predicted molar refractivity (Wildman–Crippen MR) is 72.1 cm³/mol. The number of fused-ring (bicyclic) bond motifs is 1. The van der Waals surface area contributed by atoms with Gasteiger partial charge in [-0.3, -0.25) is 4.98 Å². The molecule has 19 heavy (non-hydrogen) atoms. The van der Waals surface area contributed by atoms with Crippen molar-refractivity contribution in [1.82, 2.24) is 4.98 Å². The summed E-state index contributed by atoms with van der Waals surface area (Å²) in [5.41, 5.74) is 0.879. The molecule has 0 atom stereocenters. The number of methoxy groups -OCH3 is 2. The van der Waals surface area contributed by atoms with Crippen molar-refractivity contribution in [2.24, 2.45) is 0 Å². The van der Waals surface area contributed by atoms with Gasteiger partial charge < -0.3 is 9.47 Å². The summed E-state index contributed by atoms with van der Waals surface area (Å²) in [6.45, 7) is 0. The van der Waals surface area contributed by atoms with Crippen LogP contribution in [0.5, 0.6) is 0 Å². The van der Waals surface area contributed by atoms with Crippen LogP contribution in [-0.2, 0) is 9.47 Å². The van der Waals surface area contributed by atoms with Crippen molar-refractivity contribution in [3.8, 4) is 0 Å². The van der Waals surface area contributed by atoms with E-state index in [-0.39, 0.29) is 11.1 Å². The Hall–Kier alpha value is -1.95. The fourth-order valence-corrected chi connectivity index (χ4v) is 2.32. The number of halogens is 1. The van der Waals surface area contributed by atoms with Crippen LogP contribution in [0.2, 0.25) is 0 Å². The standard InChI is InChI=1S/C13H10BrNO4/c1-18-12(16)7-3-4-9-11(8(14)5-6-15-9)10(7)13(17)19-2/h3-6H,1-2H3. The number of benzene rings is 1. The molecule has 0 amide bonds. The third-order valence-electron chi connectivity index (χ3n) is 2.65. The van der Waals surface area contributed by atoms with E-state index >= 15 is 0 Å². The summed E-state index contributed by atoms with van der Waals surface area (Å²) in [5.74, 6) is -1.21. The van der Waals surface area contributed by atoms with Crippen LogP contribution in [0, 0.1) is 0 Å². The number of carbonyl (C=O) groups excluding carboxylic acids is 2. The lowest BCUT2D eigenvalue weighted by atomic mass is 10.0. The molecule has 0 aliphatic heterocycles. The first-order valence-electron chi connectivity index (χ1n) is 5.34. The molecular weight excluding hydrogens is 314 g/mol. The fraction of sp³-hybridized carbons (Fsp3) is 0.154. The topological polar surface area (TPSA) is 65.5 Å². The molecule has 0 radical (unpaired) electrons. The number of pyridine rings is 1. The monoisotopic (exact) mass is 323 g/mol. The lowest BCUT2D eigenvalue weighted by Crippen LogP contribution is -2.12. The molecule has 6 heteroatoms. The molecule has 0 aliphatic carbocycles. The van der Waals surface area contributed by atoms with Crippen LogP contribution in [0.25, 0.3) is 10.9 Å². The van der Waals surface area contributed by atoms with Crippen molar-refractivity contribution in [3.05, 3.63) is 40.0 Å². The van der Waals surface area contributed by atoms with Crippen LogP contribution in [0.15, 0.2) is 28.9 Å². The van der Waals surface area contributed by atoms with E-state index in [9.17, 15) is 9.59 Å². The van der Waals surface area contributed by atoms with E-state index in [1.54, 1.807) is 18.3 Å². The maximum absolute atomic E-state index is 11.9. The molecule has 98 valence electrons. The summed E-state index contributed by atoms with van der Waals surface area (Å²) in [6.07, 6.45) is 1.60. The summed E-state index contributed by atoms with van der Waals surface area (Å²) in [6, 6.07) is 4.84. The third-order valence-corrected chi connectivity index (χ3v) is 3.31. The zero-order valence-electron chi connectivity index (χ0n) is 10.3. The molecule has 1 aromatic heterocycles. The highest BCUT2D eigenvalue weighted by atomic mass is 79.9. The van der Waals surface area contributed by atoms with E-state index in [0.717, 1.165) is 0 Å². The fourth-order valence-electron chi connectivity index (χ4n) is 1.80. The SMILES string of the molecule is COC(=O)c1ccc2nccc(Br)c2c1C(=O)OC. The van der Waals surface area contributed by atoms with Crippen LogP contribution >= 0.6 is 15.9 Å². The molecule has 0 saturated heterocycles. The largest absolute Gasteiger partial charge is 0.465 e. The smallest absolute Gasteiger partial charge is 0.339 e. The zero-order chi connectivity index (χ0) is 14.0. The van der Waals surface area contributed by atoms with Gasteiger partial charge in [0, 0.05) is 16.1 Å². The second-order valence-corrected chi connectivity index (χ2v) is 4.51. The molecular formula is C13H10BrNO4. The molecule has 0 saturated carbocycles. The van der Waals surface area contributed by atoms with Gasteiger partial charge in [-0.05, 0) is 18.2 Å². The molecule has 0 bridgehead atoms. The highest BCUT2D eigenvalue weighted by Gasteiger charge is 2.23. The van der Waals surface area contributed by atoms with Crippen molar-refractivity contribution in [2.75, 3.05) is 14.2 Å². The van der Waals surface area contributed by atoms with E-state index in [2.05, 4.69) is 25.7 Å². The predicted octanol–water partition coefficient (Wildman–Crippen LogP) is 2.57. The van der Waals surface area contributed by atoms with Crippen LogP contribution < -0.4 is 0 Å². The van der Waals surface area contributed by atoms with Crippen LogP contribution in [0.4, 0.5) is 0 Å². The average Bonchev–Trinajstić information content (AvgIpc) is 2.44. The van der Waals surface area contributed by atoms with Crippen LogP contribution in [0.3, 0.4) is 0 Å². The Morgan fingerprint density at radius 1 is 1.11 bits per heavy atom. The minimum atomic E-state index is -0.611. The van der Waals surface area contributed by atoms with Gasteiger partial charge in [-0.25, -0.2) is 9.59 Å². The van der Waals surface area contributed by atoms with Crippen molar-refractivity contribution in [1.29, 1.82) is 0 Å². The van der Waals surface area contributed by atoms with Crippen molar-refractivity contribution in [2.45, 2.75) is 0 Å². The Labute approximate surface area is 117 Å². The summed E-state index contributed by atoms with van der Waals surface area (Å²) in [5, 5.41) is 0.525. The second-order valence-electron chi connectivity index (χ2n) is 3.66. The van der Waals surface area contributed by atoms with Crippen LogP contribution in [0.1, 0.15) is 20.7 Å². The van der Waals surface area contributed by atoms with Gasteiger partial charge in [0.15, 0.2) is 0 Å². The first kappa shape index (κ1) is 13.5. The molecule has 2 aromatic rings. The van der Waals surface area contributed by atoms with E-state index in [0.29, 0.717) is 15.4 Å². The van der Waals surface area contributed by atoms with Crippen molar-refractivity contribution in [3.63, 3.8) is 0 Å². The quantitative estimate of drug-likeness (QED) is 0.795. The maximum atomic E-state index is 11.9. The molecule has 0 fully saturated rings. The number of aromatic nitrogens is 1. The van der Waals surface area contributed by atoms with Gasteiger partial charge in [0.1, 0.15) is 0 Å². The number of ether oxygens (including phenoxy) is 2. The first-order chi connectivity index (χ1) is 9.10. The molecule has 1 aromatic carbocycles. The first-order valence-corrected chi connectivity index (χ1v) is 6.13. The van der Waals surface area contributed by atoms with Gasteiger partial charge in [0.2, 0.25) is 0 Å². The number of rotatable bonds is 2. The number of nitrogens with zero attached hydrogens (tertiary/aromatic N) is 1. The van der Waals surface area contributed by atoms with Gasteiger partial charge in [0.05, 0.1) is 30.9 Å². The van der Waals surface area contributed by atoms with Gasteiger partial charge in [-0.2, -0.15) is 0 Å². The lowest BCUT2D eigenvalue weighted by molar-refractivity contribution is 0.0557. The van der Waals surface area contributed by atoms with E-state index < -0.39 is 11.9 Å². The van der Waals surface area contributed by atoms with Gasteiger partial charge in [-0.1, -0.05) is 15.9 Å². The number of hydrogen-bond acceptors (Lipinski definition) is 5.